The number of benzene rings is 1. The molecule has 1 N–H and O–H groups in total. The molecule has 2 saturated heterocycles. The Morgan fingerprint density at radius 3 is 2.07 bits per heavy atom. The van der Waals surface area contributed by atoms with Gasteiger partial charge in [-0.2, -0.15) is 4.57 Å². The summed E-state index contributed by atoms with van der Waals surface area (Å²) in [6.45, 7) is 16.0. The summed E-state index contributed by atoms with van der Waals surface area (Å²) in [5, 5.41) is 9.53. The fourth-order valence-corrected chi connectivity index (χ4v) is 17.5. The number of carboxylic acid groups (broad SMARTS) is 1. The number of carbonyl (C=O) groups excluding carboxylic acids is 1. The number of rotatable bonds is 9. The Hall–Kier alpha value is -2.73. The predicted octanol–water partition coefficient (Wildman–Crippen LogP) is 4.02. The van der Waals surface area contributed by atoms with Crippen molar-refractivity contribution < 1.29 is 37.1 Å². The maximum atomic E-state index is 13.8. The van der Waals surface area contributed by atoms with Crippen molar-refractivity contribution in [3.63, 3.8) is 0 Å². The van der Waals surface area contributed by atoms with Crippen LogP contribution in [-0.4, -0.2) is 74.8 Å². The Bertz CT molecular complexity index is 1440. The third-order valence-electron chi connectivity index (χ3n) is 8.52. The fraction of sp³-hybridized carbons (Fsp3) is 0.600. The molecule has 2 fully saturated rings. The van der Waals surface area contributed by atoms with Gasteiger partial charge in [-0.3, -0.25) is 14.2 Å². The van der Waals surface area contributed by atoms with Gasteiger partial charge in [0.1, 0.15) is 24.9 Å². The topological polar surface area (TPSA) is 145 Å². The van der Waals surface area contributed by atoms with Crippen LogP contribution < -0.4 is 11.2 Å². The van der Waals surface area contributed by atoms with Crippen molar-refractivity contribution in [2.24, 2.45) is 0 Å². The van der Waals surface area contributed by atoms with Crippen LogP contribution in [0.3, 0.4) is 0 Å². The Labute approximate surface area is 259 Å². The van der Waals surface area contributed by atoms with Crippen molar-refractivity contribution in [1.29, 1.82) is 0 Å². The molecule has 3 heterocycles. The Kier molecular flexibility index (Phi) is 10.3. The summed E-state index contributed by atoms with van der Waals surface area (Å²) in [6, 6.07) is 9.07. The lowest BCUT2D eigenvalue weighted by Crippen LogP contribution is -2.66. The van der Waals surface area contributed by atoms with Crippen LogP contribution in [0.5, 0.6) is 0 Å². The molecular formula is C30H44N2O10Si2. The first-order valence-electron chi connectivity index (χ1n) is 15.1. The Morgan fingerprint density at radius 2 is 1.52 bits per heavy atom. The van der Waals surface area contributed by atoms with E-state index in [0.29, 0.717) is 4.57 Å². The first-order chi connectivity index (χ1) is 20.7. The van der Waals surface area contributed by atoms with Gasteiger partial charge < -0.3 is 27.5 Å². The highest BCUT2D eigenvalue weighted by Gasteiger charge is 2.62. The molecule has 0 radical (unpaired) electrons. The van der Waals surface area contributed by atoms with Gasteiger partial charge in [0.15, 0.2) is 6.23 Å². The Balaban J connectivity index is 1.86. The van der Waals surface area contributed by atoms with E-state index in [0.717, 1.165) is 10.6 Å². The standard InChI is InChI=1S/C30H44N2O10Si2/c1-18(2)43(19(3)4)39-16-23-26(41-44(42-43,20(5)6)21(7)8)27(38-17-25(34)35)29(40-23)31-15-14-24(33)32(30(31)37)28(36)22-12-10-9-11-13-22/h9-15,18-21,23,26-27,29H,16-17H2,1-8H3,(H,34,35)/t23-,26-,27-,29-/m1/s1. The quantitative estimate of drug-likeness (QED) is 0.396. The second-order valence-electron chi connectivity index (χ2n) is 12.6. The third kappa shape index (κ3) is 6.21. The minimum atomic E-state index is -3.16. The number of aromatic nitrogens is 2. The highest BCUT2D eigenvalue weighted by Crippen LogP contribution is 2.48. The zero-order chi connectivity index (χ0) is 32.6. The van der Waals surface area contributed by atoms with Gasteiger partial charge in [0.2, 0.25) is 0 Å². The van der Waals surface area contributed by atoms with E-state index < -0.39 is 71.4 Å². The molecule has 2 aromatic rings. The highest BCUT2D eigenvalue weighted by atomic mass is 28.5. The summed E-state index contributed by atoms with van der Waals surface area (Å²) in [4.78, 5) is 51.6. The molecular weight excluding hydrogens is 605 g/mol. The zero-order valence-electron chi connectivity index (χ0n) is 26.6. The predicted molar refractivity (Wildman–Crippen MR) is 166 cm³/mol. The molecule has 44 heavy (non-hydrogen) atoms. The molecule has 1 aromatic heterocycles. The zero-order valence-corrected chi connectivity index (χ0v) is 28.6. The number of hydrogen-bond acceptors (Lipinski definition) is 9. The van der Waals surface area contributed by atoms with Crippen LogP contribution in [0.2, 0.25) is 22.2 Å². The average Bonchev–Trinajstić information content (AvgIpc) is 3.27. The normalized spacial score (nSPS) is 24.8. The van der Waals surface area contributed by atoms with Crippen LogP contribution in [0.15, 0.2) is 52.2 Å². The van der Waals surface area contributed by atoms with E-state index >= 15 is 0 Å². The van der Waals surface area contributed by atoms with Crippen LogP contribution in [0, 0.1) is 0 Å². The van der Waals surface area contributed by atoms with Gasteiger partial charge in [0, 0.05) is 17.8 Å². The van der Waals surface area contributed by atoms with Crippen molar-refractivity contribution >= 4 is 29.0 Å². The summed E-state index contributed by atoms with van der Waals surface area (Å²) in [6.07, 6.45) is -2.72. The van der Waals surface area contributed by atoms with Gasteiger partial charge in [-0.05, 0) is 34.3 Å². The minimum Gasteiger partial charge on any atom is -0.480 e. The number of nitrogens with zero attached hydrogens (tertiary/aromatic N) is 2. The number of aliphatic carboxylic acids is 1. The molecule has 0 aliphatic carbocycles. The van der Waals surface area contributed by atoms with Gasteiger partial charge >= 0.3 is 28.8 Å². The van der Waals surface area contributed by atoms with Crippen LogP contribution in [0.25, 0.3) is 0 Å². The molecule has 0 unspecified atom stereocenters. The molecule has 4 rings (SSSR count). The smallest absolute Gasteiger partial charge is 0.340 e. The third-order valence-corrected chi connectivity index (χ3v) is 18.8. The van der Waals surface area contributed by atoms with E-state index in [1.807, 2.05) is 0 Å². The highest BCUT2D eigenvalue weighted by molar-refractivity contribution is 6.84. The molecule has 2 aliphatic rings. The largest absolute Gasteiger partial charge is 0.480 e. The van der Waals surface area contributed by atoms with E-state index in [2.05, 4.69) is 55.4 Å². The van der Waals surface area contributed by atoms with E-state index in [1.54, 1.807) is 18.2 Å². The lowest BCUT2D eigenvalue weighted by atomic mass is 10.1. The van der Waals surface area contributed by atoms with Gasteiger partial charge in [0.05, 0.1) is 6.61 Å². The molecule has 242 valence electrons. The molecule has 0 amide bonds. The summed E-state index contributed by atoms with van der Waals surface area (Å²) in [7, 11) is -6.08. The van der Waals surface area contributed by atoms with E-state index in [1.165, 1.54) is 18.3 Å². The number of ether oxygens (including phenoxy) is 2. The molecule has 2 aliphatic heterocycles. The summed E-state index contributed by atoms with van der Waals surface area (Å²) >= 11 is 0. The first kappa shape index (κ1) is 34.2. The van der Waals surface area contributed by atoms with Crippen LogP contribution in [-0.2, 0) is 27.2 Å². The SMILES string of the molecule is CC(C)[Si]1(C(C)C)OC[C@H]2O[C@@H](n3ccc(=O)n(C(=O)c4ccccc4)c3=O)[C@H](OCC(=O)O)[C@@H]2O[Si](C(C)C)(C(C)C)O1. The van der Waals surface area contributed by atoms with E-state index in [4.69, 9.17) is 22.4 Å². The maximum absolute atomic E-state index is 13.8. The Morgan fingerprint density at radius 1 is 0.932 bits per heavy atom. The molecule has 12 nitrogen and oxygen atoms in total. The van der Waals surface area contributed by atoms with Gasteiger partial charge in [0.25, 0.3) is 11.5 Å². The molecule has 0 saturated carbocycles. The lowest BCUT2D eigenvalue weighted by molar-refractivity contribution is -0.149. The number of carboxylic acids is 1. The van der Waals surface area contributed by atoms with Crippen molar-refractivity contribution in [3.8, 4) is 0 Å². The van der Waals surface area contributed by atoms with Crippen LogP contribution in [0.4, 0.5) is 0 Å². The van der Waals surface area contributed by atoms with E-state index in [-0.39, 0.29) is 34.3 Å². The number of hydrogen-bond donors (Lipinski definition) is 1. The first-order valence-corrected chi connectivity index (χ1v) is 19.0. The minimum absolute atomic E-state index is 0.0264. The van der Waals surface area contributed by atoms with Crippen molar-refractivity contribution in [2.75, 3.05) is 13.2 Å². The number of carbonyl (C=O) groups is 2. The fourth-order valence-electron chi connectivity index (χ4n) is 6.27. The summed E-state index contributed by atoms with van der Waals surface area (Å²) < 4.78 is 35.0. The van der Waals surface area contributed by atoms with Gasteiger partial charge in [-0.15, -0.1) is 0 Å². The molecule has 14 heteroatoms. The summed E-state index contributed by atoms with van der Waals surface area (Å²) in [5.41, 5.74) is -1.49. The average molecular weight is 649 g/mol. The molecule has 0 spiro atoms. The van der Waals surface area contributed by atoms with Crippen molar-refractivity contribution in [2.45, 2.75) is 102 Å². The molecule has 0 bridgehead atoms. The maximum Gasteiger partial charge on any atom is 0.340 e. The number of fused-ring (bicyclic) bond motifs is 1. The molecule has 1 aromatic carbocycles. The lowest BCUT2D eigenvalue weighted by Gasteiger charge is -2.51. The molecule has 4 atom stereocenters. The van der Waals surface area contributed by atoms with Gasteiger partial charge in [-0.1, -0.05) is 73.6 Å². The monoisotopic (exact) mass is 648 g/mol. The second kappa shape index (κ2) is 13.3. The van der Waals surface area contributed by atoms with E-state index in [9.17, 15) is 24.3 Å². The van der Waals surface area contributed by atoms with Crippen molar-refractivity contribution in [3.05, 3.63) is 69.0 Å². The summed E-state index contributed by atoms with van der Waals surface area (Å²) in [5.74, 6) is -2.02. The second-order valence-corrected chi connectivity index (χ2v) is 21.5. The van der Waals surface area contributed by atoms with Crippen LogP contribution >= 0.6 is 0 Å². The van der Waals surface area contributed by atoms with Crippen molar-refractivity contribution in [1.82, 2.24) is 9.13 Å². The van der Waals surface area contributed by atoms with Crippen LogP contribution in [0.1, 0.15) is 72.0 Å². The van der Waals surface area contributed by atoms with Gasteiger partial charge in [-0.25, -0.2) is 9.59 Å².